The molecule has 1 aromatic heterocycles. The molecule has 1 amide bonds. The SMILES string of the molecule is COc1ccc(Cl)cc1NC(=O)Cc1csc(C(C)N)n1. The number of nitrogens with two attached hydrogens (primary N) is 1. The number of ether oxygens (including phenoxy) is 1. The summed E-state index contributed by atoms with van der Waals surface area (Å²) in [6.07, 6.45) is 0.179. The number of aromatic nitrogens is 1. The first kappa shape index (κ1) is 15.8. The molecule has 2 aromatic rings. The number of thiazole rings is 1. The number of methoxy groups -OCH3 is 1. The van der Waals surface area contributed by atoms with E-state index in [-0.39, 0.29) is 18.4 Å². The van der Waals surface area contributed by atoms with Crippen LogP contribution < -0.4 is 15.8 Å². The first-order valence-electron chi connectivity index (χ1n) is 6.33. The highest BCUT2D eigenvalue weighted by molar-refractivity contribution is 7.09. The number of anilines is 1. The number of halogens is 1. The van der Waals surface area contributed by atoms with Crippen LogP contribution in [0.4, 0.5) is 5.69 Å². The molecule has 1 atom stereocenters. The summed E-state index contributed by atoms with van der Waals surface area (Å²) in [5.41, 5.74) is 6.99. The lowest BCUT2D eigenvalue weighted by atomic mass is 10.2. The van der Waals surface area contributed by atoms with E-state index in [4.69, 9.17) is 22.1 Å². The van der Waals surface area contributed by atoms with Crippen molar-refractivity contribution in [2.45, 2.75) is 19.4 Å². The van der Waals surface area contributed by atoms with Crippen LogP contribution in [-0.2, 0) is 11.2 Å². The molecule has 7 heteroatoms. The molecule has 0 bridgehead atoms. The van der Waals surface area contributed by atoms with E-state index in [0.717, 1.165) is 5.01 Å². The van der Waals surface area contributed by atoms with Crippen molar-refractivity contribution in [3.05, 3.63) is 39.3 Å². The summed E-state index contributed by atoms with van der Waals surface area (Å²) in [6.45, 7) is 1.86. The van der Waals surface area contributed by atoms with Crippen molar-refractivity contribution in [1.29, 1.82) is 0 Å². The fourth-order valence-electron chi connectivity index (χ4n) is 1.75. The van der Waals surface area contributed by atoms with Crippen LogP contribution in [0.3, 0.4) is 0 Å². The number of rotatable bonds is 5. The van der Waals surface area contributed by atoms with Gasteiger partial charge in [0.25, 0.3) is 0 Å². The lowest BCUT2D eigenvalue weighted by molar-refractivity contribution is -0.115. The highest BCUT2D eigenvalue weighted by atomic mass is 35.5. The van der Waals surface area contributed by atoms with Gasteiger partial charge < -0.3 is 15.8 Å². The zero-order valence-corrected chi connectivity index (χ0v) is 13.3. The minimum absolute atomic E-state index is 0.125. The molecule has 21 heavy (non-hydrogen) atoms. The summed E-state index contributed by atoms with van der Waals surface area (Å²) >= 11 is 7.38. The lowest BCUT2D eigenvalue weighted by Gasteiger charge is -2.10. The van der Waals surface area contributed by atoms with E-state index in [9.17, 15) is 4.79 Å². The van der Waals surface area contributed by atoms with Crippen LogP contribution in [-0.4, -0.2) is 18.0 Å². The number of carbonyl (C=O) groups is 1. The minimum atomic E-state index is -0.183. The third-order valence-corrected chi connectivity index (χ3v) is 4.07. The molecule has 5 nitrogen and oxygen atoms in total. The summed E-state index contributed by atoms with van der Waals surface area (Å²) in [4.78, 5) is 16.4. The van der Waals surface area contributed by atoms with E-state index in [0.29, 0.717) is 22.2 Å². The highest BCUT2D eigenvalue weighted by Crippen LogP contribution is 2.27. The Hall–Kier alpha value is -1.63. The van der Waals surface area contributed by atoms with Crippen molar-refractivity contribution in [3.63, 3.8) is 0 Å². The Morgan fingerprint density at radius 3 is 2.95 bits per heavy atom. The largest absolute Gasteiger partial charge is 0.495 e. The standard InChI is InChI=1S/C14H16ClN3O2S/c1-8(16)14-17-10(7-21-14)6-13(19)18-11-5-9(15)3-4-12(11)20-2/h3-5,7-8H,6,16H2,1-2H3,(H,18,19). The maximum atomic E-state index is 12.1. The Balaban J connectivity index is 2.06. The Morgan fingerprint density at radius 2 is 2.33 bits per heavy atom. The molecule has 2 rings (SSSR count). The summed E-state index contributed by atoms with van der Waals surface area (Å²) in [5.74, 6) is 0.374. The predicted molar refractivity (Wildman–Crippen MR) is 85.1 cm³/mol. The minimum Gasteiger partial charge on any atom is -0.495 e. The molecule has 0 spiro atoms. The lowest BCUT2D eigenvalue weighted by Crippen LogP contribution is -2.15. The third-order valence-electron chi connectivity index (χ3n) is 2.74. The fraction of sp³-hybridized carbons (Fsp3) is 0.286. The molecule has 0 aliphatic rings. The molecule has 0 aliphatic heterocycles. The van der Waals surface area contributed by atoms with E-state index < -0.39 is 0 Å². The number of carbonyl (C=O) groups excluding carboxylic acids is 1. The second kappa shape index (κ2) is 6.89. The van der Waals surface area contributed by atoms with Gasteiger partial charge in [-0.15, -0.1) is 11.3 Å². The van der Waals surface area contributed by atoms with Crippen molar-refractivity contribution in [2.75, 3.05) is 12.4 Å². The zero-order chi connectivity index (χ0) is 15.4. The Kier molecular flexibility index (Phi) is 5.17. The summed E-state index contributed by atoms with van der Waals surface area (Å²) in [5, 5.41) is 5.96. The van der Waals surface area contributed by atoms with Crippen molar-refractivity contribution in [1.82, 2.24) is 4.98 Å². The third kappa shape index (κ3) is 4.17. The second-order valence-electron chi connectivity index (χ2n) is 4.54. The fourth-order valence-corrected chi connectivity index (χ4v) is 2.70. The molecule has 0 fully saturated rings. The molecular formula is C14H16ClN3O2S. The number of nitrogens with one attached hydrogen (secondary N) is 1. The molecule has 0 radical (unpaired) electrons. The summed E-state index contributed by atoms with van der Waals surface area (Å²) in [7, 11) is 1.54. The van der Waals surface area contributed by atoms with Gasteiger partial charge in [-0.2, -0.15) is 0 Å². The quantitative estimate of drug-likeness (QED) is 0.886. The van der Waals surface area contributed by atoms with Crippen LogP contribution >= 0.6 is 22.9 Å². The van der Waals surface area contributed by atoms with Gasteiger partial charge in [0.15, 0.2) is 0 Å². The van der Waals surface area contributed by atoms with E-state index in [1.54, 1.807) is 18.2 Å². The number of amides is 1. The predicted octanol–water partition coefficient (Wildman–Crippen LogP) is 3.01. The Morgan fingerprint density at radius 1 is 1.57 bits per heavy atom. The van der Waals surface area contributed by atoms with Crippen molar-refractivity contribution < 1.29 is 9.53 Å². The van der Waals surface area contributed by atoms with Crippen LogP contribution in [0.2, 0.25) is 5.02 Å². The molecule has 3 N–H and O–H groups in total. The molecule has 1 heterocycles. The first-order valence-corrected chi connectivity index (χ1v) is 7.58. The first-order chi connectivity index (χ1) is 9.99. The molecule has 0 aliphatic carbocycles. The van der Waals surface area contributed by atoms with Gasteiger partial charge in [-0.3, -0.25) is 4.79 Å². The van der Waals surface area contributed by atoms with E-state index in [1.165, 1.54) is 18.4 Å². The average Bonchev–Trinajstić information content (AvgIpc) is 2.87. The molecule has 112 valence electrons. The Bertz CT molecular complexity index is 643. The molecule has 0 saturated heterocycles. The molecule has 1 unspecified atom stereocenters. The molecule has 0 saturated carbocycles. The Labute approximate surface area is 132 Å². The number of hydrogen-bond donors (Lipinski definition) is 2. The van der Waals surface area contributed by atoms with Crippen LogP contribution in [0.5, 0.6) is 5.75 Å². The second-order valence-corrected chi connectivity index (χ2v) is 5.86. The molecule has 1 aromatic carbocycles. The van der Waals surface area contributed by atoms with Gasteiger partial charge in [-0.1, -0.05) is 11.6 Å². The van der Waals surface area contributed by atoms with Crippen LogP contribution in [0, 0.1) is 0 Å². The normalized spacial score (nSPS) is 12.0. The average molecular weight is 326 g/mol. The topological polar surface area (TPSA) is 77.2 Å². The smallest absolute Gasteiger partial charge is 0.230 e. The van der Waals surface area contributed by atoms with Gasteiger partial charge in [-0.05, 0) is 25.1 Å². The van der Waals surface area contributed by atoms with Crippen LogP contribution in [0.25, 0.3) is 0 Å². The van der Waals surface area contributed by atoms with E-state index in [2.05, 4.69) is 10.3 Å². The van der Waals surface area contributed by atoms with Gasteiger partial charge >= 0.3 is 0 Å². The van der Waals surface area contributed by atoms with E-state index in [1.807, 2.05) is 12.3 Å². The van der Waals surface area contributed by atoms with Gasteiger partial charge in [0, 0.05) is 10.4 Å². The van der Waals surface area contributed by atoms with E-state index >= 15 is 0 Å². The maximum Gasteiger partial charge on any atom is 0.230 e. The van der Waals surface area contributed by atoms with Crippen LogP contribution in [0.15, 0.2) is 23.6 Å². The molecular weight excluding hydrogens is 310 g/mol. The van der Waals surface area contributed by atoms with Gasteiger partial charge in [0.05, 0.1) is 31.0 Å². The number of hydrogen-bond acceptors (Lipinski definition) is 5. The number of nitrogens with zero attached hydrogens (tertiary/aromatic N) is 1. The van der Waals surface area contributed by atoms with Crippen molar-refractivity contribution in [3.8, 4) is 5.75 Å². The monoisotopic (exact) mass is 325 g/mol. The van der Waals surface area contributed by atoms with Gasteiger partial charge in [0.2, 0.25) is 5.91 Å². The summed E-state index contributed by atoms with van der Waals surface area (Å²) < 4.78 is 5.18. The van der Waals surface area contributed by atoms with Gasteiger partial charge in [-0.25, -0.2) is 4.98 Å². The van der Waals surface area contributed by atoms with Crippen molar-refractivity contribution in [2.24, 2.45) is 5.73 Å². The summed E-state index contributed by atoms with van der Waals surface area (Å²) in [6, 6.07) is 4.92. The maximum absolute atomic E-state index is 12.1. The highest BCUT2D eigenvalue weighted by Gasteiger charge is 2.12. The van der Waals surface area contributed by atoms with Gasteiger partial charge in [0.1, 0.15) is 10.8 Å². The number of benzene rings is 1. The zero-order valence-electron chi connectivity index (χ0n) is 11.7. The van der Waals surface area contributed by atoms with Crippen LogP contribution in [0.1, 0.15) is 23.7 Å². The van der Waals surface area contributed by atoms with Crippen molar-refractivity contribution >= 4 is 34.5 Å².